The zero-order chi connectivity index (χ0) is 23.2. The van der Waals surface area contributed by atoms with Gasteiger partial charge in [0.25, 0.3) is 0 Å². The first-order chi connectivity index (χ1) is 15.8. The molecule has 4 fully saturated rings. The first-order valence-corrected chi connectivity index (χ1v) is 22.0. The maximum atomic E-state index is 2.91. The number of rotatable bonds is 7. The Morgan fingerprint density at radius 3 is 2.05 bits per heavy atom. The summed E-state index contributed by atoms with van der Waals surface area (Å²) in [7, 11) is -2.48. The second-order valence-corrected chi connectivity index (χ2v) is 30.2. The molecule has 4 aliphatic rings. The van der Waals surface area contributed by atoms with Gasteiger partial charge in [0.05, 0.1) is 0 Å². The zero-order valence-electron chi connectivity index (χ0n) is 27.0. The molecule has 0 radical (unpaired) electrons. The molecule has 0 saturated heterocycles. The molecular weight excluding hydrogens is 568 g/mol. The summed E-state index contributed by atoms with van der Waals surface area (Å²) in [6, 6.07) is 11.9. The van der Waals surface area contributed by atoms with Crippen molar-refractivity contribution in [3.63, 3.8) is 0 Å². The van der Waals surface area contributed by atoms with Gasteiger partial charge in [-0.05, 0) is 71.4 Å². The van der Waals surface area contributed by atoms with E-state index in [0.29, 0.717) is 0 Å². The molecule has 8 atom stereocenters. The van der Waals surface area contributed by atoms with Crippen LogP contribution in [0.4, 0.5) is 0 Å². The van der Waals surface area contributed by atoms with Crippen molar-refractivity contribution in [2.75, 3.05) is 0 Å². The minimum Gasteiger partial charge on any atom is -0.358 e. The van der Waals surface area contributed by atoms with Crippen molar-refractivity contribution in [3.05, 3.63) is 65.6 Å². The third-order valence-corrected chi connectivity index (χ3v) is 33.2. The molecule has 4 aliphatic carbocycles. The van der Waals surface area contributed by atoms with Crippen molar-refractivity contribution >= 4 is 15.2 Å². The van der Waals surface area contributed by atoms with Crippen molar-refractivity contribution in [3.8, 4) is 0 Å². The second kappa shape index (κ2) is 15.7. The van der Waals surface area contributed by atoms with Crippen molar-refractivity contribution in [1.29, 1.82) is 0 Å². The van der Waals surface area contributed by atoms with Crippen LogP contribution >= 0.6 is 0 Å². The summed E-state index contributed by atoms with van der Waals surface area (Å²) in [6.45, 7) is 14.0. The predicted octanol–water partition coefficient (Wildman–Crippen LogP) is 11.6. The maximum absolute atomic E-state index is 2.91. The smallest absolute Gasteiger partial charge is 0.358 e. The number of benzene rings is 1. The van der Waals surface area contributed by atoms with E-state index < -0.39 is 15.2 Å². The molecule has 1 aromatic rings. The summed E-state index contributed by atoms with van der Waals surface area (Å²) in [4.78, 5) is 0. The standard InChI is InChI=1S/C31H52Si2.4CH3.Zr/c1-6-7-12-23-17-18-26(21-23)32(2,3)33(4,5)30-20-19-28-29(30)22-25-15-11-16-27(25)31(28)24-13-9-8-10-14-24;;;;;/h8-10,13-14,23,25-31H,6-7,11-12,15-22H2,1-5H3;4*1H3;/q;4*-1;+4. The molecule has 8 unspecified atom stereocenters. The van der Waals surface area contributed by atoms with Crippen molar-refractivity contribution in [2.24, 2.45) is 29.6 Å². The van der Waals surface area contributed by atoms with Crippen LogP contribution < -0.4 is 0 Å². The van der Waals surface area contributed by atoms with Gasteiger partial charge in [0.2, 0.25) is 0 Å². The van der Waals surface area contributed by atoms with Gasteiger partial charge in [-0.1, -0.05) is 121 Å². The van der Waals surface area contributed by atoms with Crippen LogP contribution in [0.5, 0.6) is 0 Å². The van der Waals surface area contributed by atoms with Crippen LogP contribution in [0.3, 0.4) is 0 Å². The first-order valence-electron chi connectivity index (χ1n) is 14.9. The Balaban J connectivity index is 0.00000274. The molecule has 0 spiro atoms. The number of hydrogen-bond donors (Lipinski definition) is 0. The Kier molecular flexibility index (Phi) is 15.9. The molecule has 38 heavy (non-hydrogen) atoms. The summed E-state index contributed by atoms with van der Waals surface area (Å²) in [6.07, 6.45) is 18.4. The average molecular weight is 632 g/mol. The Hall–Kier alpha value is 0.537. The Morgan fingerprint density at radius 2 is 1.39 bits per heavy atom. The molecule has 0 nitrogen and oxygen atoms in total. The fourth-order valence-corrected chi connectivity index (χ4v) is 24.0. The quantitative estimate of drug-likeness (QED) is 0.207. The Morgan fingerprint density at radius 1 is 0.711 bits per heavy atom. The molecule has 0 aliphatic heterocycles. The third-order valence-electron chi connectivity index (χ3n) is 12.4. The second-order valence-electron chi connectivity index (χ2n) is 14.0. The predicted molar refractivity (Wildman–Crippen MR) is 176 cm³/mol. The van der Waals surface area contributed by atoms with Gasteiger partial charge in [-0.15, -0.1) is 0 Å². The largest absolute Gasteiger partial charge is 4.00 e. The number of fused-ring (bicyclic) bond motifs is 2. The van der Waals surface area contributed by atoms with Crippen LogP contribution in [0.25, 0.3) is 0 Å². The van der Waals surface area contributed by atoms with Crippen LogP contribution in [-0.4, -0.2) is 15.2 Å². The third kappa shape index (κ3) is 6.94. The topological polar surface area (TPSA) is 0 Å². The van der Waals surface area contributed by atoms with Gasteiger partial charge in [-0.25, -0.2) is 0 Å². The fraction of sp³-hybridized carbons (Fsp3) is 0.714. The molecular formula is C35H64Si2Zr. The summed E-state index contributed by atoms with van der Waals surface area (Å²) < 4.78 is 0. The monoisotopic (exact) mass is 630 g/mol. The van der Waals surface area contributed by atoms with Gasteiger partial charge in [0.15, 0.2) is 0 Å². The Labute approximate surface area is 262 Å². The van der Waals surface area contributed by atoms with Gasteiger partial charge >= 0.3 is 26.2 Å². The fourth-order valence-electron chi connectivity index (χ4n) is 9.94. The molecule has 0 aromatic heterocycles. The van der Waals surface area contributed by atoms with E-state index in [9.17, 15) is 0 Å². The van der Waals surface area contributed by atoms with E-state index in [4.69, 9.17) is 0 Å². The van der Waals surface area contributed by atoms with E-state index in [0.717, 1.165) is 46.6 Å². The number of unbranched alkanes of at least 4 members (excludes halogenated alkanes) is 1. The molecule has 216 valence electrons. The van der Waals surface area contributed by atoms with E-state index in [2.05, 4.69) is 63.4 Å². The molecule has 5 rings (SSSR count). The Bertz CT molecular complexity index is 790. The molecule has 0 heterocycles. The summed E-state index contributed by atoms with van der Waals surface area (Å²) in [5.41, 5.74) is 3.95. The zero-order valence-corrected chi connectivity index (χ0v) is 31.4. The van der Waals surface area contributed by atoms with Gasteiger partial charge in [0.1, 0.15) is 0 Å². The summed E-state index contributed by atoms with van der Waals surface area (Å²) in [5.74, 6) is 6.03. The normalized spacial score (nSPS) is 33.8. The van der Waals surface area contributed by atoms with Gasteiger partial charge < -0.3 is 29.7 Å². The van der Waals surface area contributed by atoms with Gasteiger partial charge in [-0.3, -0.25) is 0 Å². The van der Waals surface area contributed by atoms with E-state index in [1.165, 1.54) is 38.5 Å². The maximum Gasteiger partial charge on any atom is 4.00 e. The first kappa shape index (κ1) is 38.5. The van der Waals surface area contributed by atoms with Crippen LogP contribution in [0.15, 0.2) is 30.3 Å². The molecule has 0 N–H and O–H groups in total. The van der Waals surface area contributed by atoms with Crippen molar-refractivity contribution in [1.82, 2.24) is 0 Å². The van der Waals surface area contributed by atoms with Crippen molar-refractivity contribution in [2.45, 2.75) is 127 Å². The molecule has 0 bridgehead atoms. The van der Waals surface area contributed by atoms with E-state index >= 15 is 0 Å². The van der Waals surface area contributed by atoms with Crippen LogP contribution in [-0.2, 0) is 26.2 Å². The van der Waals surface area contributed by atoms with Gasteiger partial charge in [0, 0.05) is 15.2 Å². The minimum atomic E-state index is -1.27. The summed E-state index contributed by atoms with van der Waals surface area (Å²) >= 11 is 0. The van der Waals surface area contributed by atoms with Crippen LogP contribution in [0, 0.1) is 59.3 Å². The summed E-state index contributed by atoms with van der Waals surface area (Å²) in [5, 5.41) is 0. The molecule has 3 heteroatoms. The van der Waals surface area contributed by atoms with Crippen molar-refractivity contribution < 1.29 is 26.2 Å². The molecule has 4 saturated carbocycles. The molecule has 1 aromatic carbocycles. The van der Waals surface area contributed by atoms with E-state index in [-0.39, 0.29) is 55.9 Å². The van der Waals surface area contributed by atoms with Gasteiger partial charge in [-0.2, -0.15) is 0 Å². The van der Waals surface area contributed by atoms with E-state index in [1.54, 1.807) is 44.1 Å². The average Bonchev–Trinajstić information content (AvgIpc) is 3.55. The SMILES string of the molecule is CCCCC1CCC([Si](C)(C)[Si](C)(C)C2CCC3C2CC2CCCC2C3c2ccccc2)C1.[CH3-].[CH3-].[CH3-].[CH3-].[Zr+4]. The minimum absolute atomic E-state index is 0. The van der Waals surface area contributed by atoms with Crippen LogP contribution in [0.2, 0.25) is 37.3 Å². The number of hydrogen-bond acceptors (Lipinski definition) is 0. The van der Waals surface area contributed by atoms with E-state index in [1.807, 2.05) is 0 Å². The molecule has 0 amide bonds. The van der Waals surface area contributed by atoms with Crippen LogP contribution in [0.1, 0.15) is 95.5 Å².